The number of unbranched alkanes of at least 4 members (excludes halogenated alkanes) is 1. The van der Waals surface area contributed by atoms with Gasteiger partial charge in [0.2, 0.25) is 11.0 Å². The predicted molar refractivity (Wildman–Crippen MR) is 109 cm³/mol. The lowest BCUT2D eigenvalue weighted by Crippen LogP contribution is -2.14. The minimum atomic E-state index is -0.226. The third kappa shape index (κ3) is 5.82. The fourth-order valence-corrected chi connectivity index (χ4v) is 3.58. The Kier molecular flexibility index (Phi) is 7.02. The SMILES string of the molecule is CNc1ccc(CCCCc2nnc(NC(=O)Cc3cccnc3)s2)cc1F. The molecule has 0 atom stereocenters. The second kappa shape index (κ2) is 9.89. The van der Waals surface area contributed by atoms with Crippen LogP contribution in [0.25, 0.3) is 0 Å². The van der Waals surface area contributed by atoms with E-state index in [0.717, 1.165) is 41.8 Å². The molecule has 2 heterocycles. The number of hydrogen-bond acceptors (Lipinski definition) is 6. The van der Waals surface area contributed by atoms with E-state index in [1.54, 1.807) is 37.6 Å². The number of aromatic nitrogens is 3. The van der Waals surface area contributed by atoms with Crippen molar-refractivity contribution in [1.82, 2.24) is 15.2 Å². The number of anilines is 2. The molecule has 0 aliphatic carbocycles. The lowest BCUT2D eigenvalue weighted by molar-refractivity contribution is -0.115. The number of carbonyl (C=O) groups excluding carboxylic acids is 1. The minimum Gasteiger partial charge on any atom is -0.386 e. The van der Waals surface area contributed by atoms with Crippen molar-refractivity contribution >= 4 is 28.1 Å². The number of hydrogen-bond donors (Lipinski definition) is 2. The Bertz CT molecular complexity index is 916. The van der Waals surface area contributed by atoms with Gasteiger partial charge in [0.1, 0.15) is 10.8 Å². The van der Waals surface area contributed by atoms with Gasteiger partial charge in [0.25, 0.3) is 0 Å². The molecule has 0 spiro atoms. The van der Waals surface area contributed by atoms with Gasteiger partial charge < -0.3 is 10.6 Å². The highest BCUT2D eigenvalue weighted by Gasteiger charge is 2.09. The van der Waals surface area contributed by atoms with E-state index in [0.29, 0.717) is 10.8 Å². The number of nitrogens with zero attached hydrogens (tertiary/aromatic N) is 3. The quantitative estimate of drug-likeness (QED) is 0.534. The summed E-state index contributed by atoms with van der Waals surface area (Å²) in [6.07, 6.45) is 7.05. The summed E-state index contributed by atoms with van der Waals surface area (Å²) >= 11 is 1.39. The highest BCUT2D eigenvalue weighted by atomic mass is 32.1. The maximum atomic E-state index is 13.8. The van der Waals surface area contributed by atoms with Gasteiger partial charge in [0.15, 0.2) is 0 Å². The lowest BCUT2D eigenvalue weighted by atomic mass is 10.1. The van der Waals surface area contributed by atoms with E-state index >= 15 is 0 Å². The molecular formula is C20H22FN5OS. The van der Waals surface area contributed by atoms with Crippen LogP contribution in [0.2, 0.25) is 0 Å². The highest BCUT2D eigenvalue weighted by molar-refractivity contribution is 7.15. The number of halogens is 1. The van der Waals surface area contributed by atoms with E-state index < -0.39 is 0 Å². The van der Waals surface area contributed by atoms with Gasteiger partial charge in [-0.2, -0.15) is 0 Å². The average Bonchev–Trinajstić information content (AvgIpc) is 3.13. The van der Waals surface area contributed by atoms with Crippen LogP contribution in [-0.4, -0.2) is 28.1 Å². The van der Waals surface area contributed by atoms with Crippen molar-refractivity contribution in [1.29, 1.82) is 0 Å². The van der Waals surface area contributed by atoms with Crippen LogP contribution in [-0.2, 0) is 24.1 Å². The third-order valence-electron chi connectivity index (χ3n) is 4.21. The van der Waals surface area contributed by atoms with E-state index in [1.165, 1.54) is 11.3 Å². The zero-order valence-electron chi connectivity index (χ0n) is 15.6. The molecule has 0 saturated carbocycles. The summed E-state index contributed by atoms with van der Waals surface area (Å²) in [6.45, 7) is 0. The van der Waals surface area contributed by atoms with Crippen LogP contribution in [0.15, 0.2) is 42.7 Å². The Morgan fingerprint density at radius 3 is 2.75 bits per heavy atom. The smallest absolute Gasteiger partial charge is 0.230 e. The van der Waals surface area contributed by atoms with Crippen LogP contribution in [0, 0.1) is 5.82 Å². The second-order valence-corrected chi connectivity index (χ2v) is 7.42. The Morgan fingerprint density at radius 2 is 2.00 bits per heavy atom. The number of amides is 1. The average molecular weight is 399 g/mol. The summed E-state index contributed by atoms with van der Waals surface area (Å²) in [5.74, 6) is -0.362. The van der Waals surface area contributed by atoms with Gasteiger partial charge in [-0.05, 0) is 48.6 Å². The highest BCUT2D eigenvalue weighted by Crippen LogP contribution is 2.19. The van der Waals surface area contributed by atoms with Gasteiger partial charge in [-0.3, -0.25) is 9.78 Å². The largest absolute Gasteiger partial charge is 0.386 e. The maximum absolute atomic E-state index is 13.8. The Balaban J connectivity index is 1.41. The molecule has 1 amide bonds. The standard InChI is InChI=1S/C20H22FN5OS/c1-22-17-9-8-14(11-16(17)21)5-2-3-7-19-25-26-20(28-19)24-18(27)12-15-6-4-10-23-13-15/h4,6,8-11,13,22H,2-3,5,7,12H2,1H3,(H,24,26,27). The second-order valence-electron chi connectivity index (χ2n) is 6.36. The summed E-state index contributed by atoms with van der Waals surface area (Å²) in [5, 5.41) is 15.1. The number of benzene rings is 1. The molecule has 0 aliphatic rings. The molecule has 2 aromatic heterocycles. The van der Waals surface area contributed by atoms with Crippen molar-refractivity contribution in [3.63, 3.8) is 0 Å². The van der Waals surface area contributed by atoms with Gasteiger partial charge in [-0.25, -0.2) is 4.39 Å². The first-order valence-corrected chi connectivity index (χ1v) is 9.93. The Morgan fingerprint density at radius 1 is 1.14 bits per heavy atom. The Labute approximate surface area is 167 Å². The van der Waals surface area contributed by atoms with Gasteiger partial charge in [-0.1, -0.05) is 23.5 Å². The first-order valence-electron chi connectivity index (χ1n) is 9.11. The molecule has 8 heteroatoms. The predicted octanol–water partition coefficient (Wildman–Crippen LogP) is 3.86. The fraction of sp³-hybridized carbons (Fsp3) is 0.300. The Hall–Kier alpha value is -2.87. The number of rotatable bonds is 9. The van der Waals surface area contributed by atoms with Crippen LogP contribution in [0.4, 0.5) is 15.2 Å². The van der Waals surface area contributed by atoms with Crippen LogP contribution >= 0.6 is 11.3 Å². The minimum absolute atomic E-state index is 0.136. The topological polar surface area (TPSA) is 79.8 Å². The molecule has 0 saturated heterocycles. The molecule has 3 rings (SSSR count). The van der Waals surface area contributed by atoms with Crippen molar-refractivity contribution in [3.8, 4) is 0 Å². The van der Waals surface area contributed by atoms with Crippen molar-refractivity contribution in [2.75, 3.05) is 17.7 Å². The summed E-state index contributed by atoms with van der Waals surface area (Å²) in [7, 11) is 1.70. The molecule has 3 aromatic rings. The normalized spacial score (nSPS) is 10.6. The molecule has 6 nitrogen and oxygen atoms in total. The van der Waals surface area contributed by atoms with E-state index in [-0.39, 0.29) is 18.1 Å². The van der Waals surface area contributed by atoms with Gasteiger partial charge in [0.05, 0.1) is 12.1 Å². The molecule has 146 valence electrons. The summed E-state index contributed by atoms with van der Waals surface area (Å²) in [5.41, 5.74) is 2.34. The third-order valence-corrected chi connectivity index (χ3v) is 5.11. The molecule has 0 fully saturated rings. The number of carbonyl (C=O) groups is 1. The zero-order valence-corrected chi connectivity index (χ0v) is 16.4. The molecular weight excluding hydrogens is 377 g/mol. The molecule has 28 heavy (non-hydrogen) atoms. The molecule has 0 aliphatic heterocycles. The molecule has 0 unspecified atom stereocenters. The fourth-order valence-electron chi connectivity index (χ4n) is 2.78. The van der Waals surface area contributed by atoms with E-state index in [2.05, 4.69) is 25.8 Å². The van der Waals surface area contributed by atoms with Crippen LogP contribution in [0.3, 0.4) is 0 Å². The summed E-state index contributed by atoms with van der Waals surface area (Å²) in [6, 6.07) is 8.93. The van der Waals surface area contributed by atoms with Crippen molar-refractivity contribution in [2.24, 2.45) is 0 Å². The zero-order chi connectivity index (χ0) is 19.8. The van der Waals surface area contributed by atoms with Gasteiger partial charge in [0, 0.05) is 25.9 Å². The summed E-state index contributed by atoms with van der Waals surface area (Å²) in [4.78, 5) is 16.0. The van der Waals surface area contributed by atoms with Gasteiger partial charge >= 0.3 is 0 Å². The van der Waals surface area contributed by atoms with Crippen LogP contribution in [0.1, 0.15) is 29.0 Å². The van der Waals surface area contributed by atoms with Crippen molar-refractivity contribution < 1.29 is 9.18 Å². The van der Waals surface area contributed by atoms with Crippen molar-refractivity contribution in [2.45, 2.75) is 32.1 Å². The van der Waals surface area contributed by atoms with E-state index in [1.807, 2.05) is 12.1 Å². The van der Waals surface area contributed by atoms with Gasteiger partial charge in [-0.15, -0.1) is 10.2 Å². The number of aryl methyl sites for hydroxylation is 2. The monoisotopic (exact) mass is 399 g/mol. The lowest BCUT2D eigenvalue weighted by Gasteiger charge is -2.05. The number of pyridine rings is 1. The maximum Gasteiger partial charge on any atom is 0.230 e. The molecule has 1 aromatic carbocycles. The van der Waals surface area contributed by atoms with E-state index in [4.69, 9.17) is 0 Å². The molecule has 0 bridgehead atoms. The molecule has 0 radical (unpaired) electrons. The summed E-state index contributed by atoms with van der Waals surface area (Å²) < 4.78 is 13.8. The van der Waals surface area contributed by atoms with Crippen molar-refractivity contribution in [3.05, 3.63) is 64.7 Å². The van der Waals surface area contributed by atoms with E-state index in [9.17, 15) is 9.18 Å². The van der Waals surface area contributed by atoms with Crippen LogP contribution < -0.4 is 10.6 Å². The first kappa shape index (κ1) is 19.9. The van der Waals surface area contributed by atoms with Crippen LogP contribution in [0.5, 0.6) is 0 Å². The number of nitrogens with one attached hydrogen (secondary N) is 2. The molecule has 2 N–H and O–H groups in total. The first-order chi connectivity index (χ1) is 13.6.